The average Bonchev–Trinajstić information content (AvgIpc) is 3.49. The molecule has 4 amide bonds. The van der Waals surface area contributed by atoms with Crippen molar-refractivity contribution in [3.8, 4) is 23.0 Å². The maximum atomic E-state index is 15.0. The summed E-state index contributed by atoms with van der Waals surface area (Å²) in [6, 6.07) is 22.2. The number of rotatable bonds is 6. The van der Waals surface area contributed by atoms with Gasteiger partial charge in [-0.05, 0) is 72.8 Å². The van der Waals surface area contributed by atoms with E-state index >= 15 is 0 Å². The zero-order chi connectivity index (χ0) is 32.3. The van der Waals surface area contributed by atoms with Crippen molar-refractivity contribution in [2.75, 3.05) is 9.80 Å². The van der Waals surface area contributed by atoms with Crippen molar-refractivity contribution in [1.29, 1.82) is 0 Å². The number of imide groups is 2. The summed E-state index contributed by atoms with van der Waals surface area (Å²) in [6.07, 6.45) is 0. The van der Waals surface area contributed by atoms with Gasteiger partial charge >= 0.3 is 0 Å². The van der Waals surface area contributed by atoms with Crippen LogP contribution in [0.5, 0.6) is 23.0 Å². The van der Waals surface area contributed by atoms with E-state index in [-0.39, 0.29) is 45.1 Å². The van der Waals surface area contributed by atoms with Gasteiger partial charge in [-0.2, -0.15) is 17.6 Å². The van der Waals surface area contributed by atoms with E-state index in [4.69, 9.17) is 9.47 Å². The van der Waals surface area contributed by atoms with E-state index in [1.54, 1.807) is 24.3 Å². The first-order valence-electron chi connectivity index (χ1n) is 13.5. The second kappa shape index (κ2) is 10.7. The van der Waals surface area contributed by atoms with Gasteiger partial charge in [0.25, 0.3) is 23.6 Å². The van der Waals surface area contributed by atoms with Crippen LogP contribution in [0.1, 0.15) is 41.4 Å². The number of carbonyl (C=O) groups excluding carboxylic acids is 4. The molecule has 0 saturated carbocycles. The molecule has 0 aliphatic carbocycles. The van der Waals surface area contributed by atoms with Gasteiger partial charge in [-0.1, -0.05) is 24.3 Å². The van der Waals surface area contributed by atoms with E-state index in [9.17, 15) is 36.7 Å². The molecular weight excluding hydrogens is 608 g/mol. The molecule has 8 nitrogen and oxygen atoms in total. The lowest BCUT2D eigenvalue weighted by molar-refractivity contribution is 0.0910. The Morgan fingerprint density at radius 1 is 0.391 bits per heavy atom. The lowest BCUT2D eigenvalue weighted by Crippen LogP contribution is -2.29. The van der Waals surface area contributed by atoms with Gasteiger partial charge < -0.3 is 9.47 Å². The summed E-state index contributed by atoms with van der Waals surface area (Å²) >= 11 is 0. The average molecular weight is 625 g/mol. The third-order valence-electron chi connectivity index (χ3n) is 7.40. The van der Waals surface area contributed by atoms with Crippen LogP contribution in [0.2, 0.25) is 0 Å². The van der Waals surface area contributed by atoms with Crippen LogP contribution in [0, 0.1) is 23.3 Å². The first kappa shape index (κ1) is 28.5. The highest BCUT2D eigenvalue weighted by atomic mass is 19.2. The molecule has 0 unspecified atom stereocenters. The van der Waals surface area contributed by atoms with Gasteiger partial charge in [0.1, 0.15) is 11.5 Å². The Morgan fingerprint density at radius 3 is 0.913 bits per heavy atom. The van der Waals surface area contributed by atoms with Crippen molar-refractivity contribution in [3.63, 3.8) is 0 Å². The molecular formula is C34H16F4N2O6. The topological polar surface area (TPSA) is 93.2 Å². The standard InChI is InChI=1S/C34H16F4N2O6/c35-25-27(37)30(46-20-15-11-18(12-16-20)40-33(43)23-7-3-4-8-24(23)34(40)44)28(38)26(36)29(25)45-19-13-9-17(10-14-19)39-31(41)21-5-1-2-6-22(21)32(39)42/h1-16H. The maximum Gasteiger partial charge on any atom is 0.266 e. The monoisotopic (exact) mass is 624 g/mol. The second-order valence-electron chi connectivity index (χ2n) is 10.1. The molecule has 0 aromatic heterocycles. The molecule has 5 aromatic rings. The third kappa shape index (κ3) is 4.38. The number of benzene rings is 5. The molecule has 0 atom stereocenters. The summed E-state index contributed by atoms with van der Waals surface area (Å²) in [5.41, 5.74) is 1.12. The number of amides is 4. The van der Waals surface area contributed by atoms with Crippen LogP contribution in [0.15, 0.2) is 97.1 Å². The molecule has 0 N–H and O–H groups in total. The summed E-state index contributed by atoms with van der Waals surface area (Å²) in [6.45, 7) is 0. The highest BCUT2D eigenvalue weighted by Crippen LogP contribution is 2.40. The van der Waals surface area contributed by atoms with E-state index in [1.165, 1.54) is 48.5 Å². The van der Waals surface area contributed by atoms with E-state index in [1.807, 2.05) is 0 Å². The molecule has 0 bridgehead atoms. The maximum absolute atomic E-state index is 15.0. The first-order valence-corrected chi connectivity index (χ1v) is 13.5. The number of hydrogen-bond donors (Lipinski definition) is 0. The Balaban J connectivity index is 1.10. The van der Waals surface area contributed by atoms with Crippen LogP contribution in [0.3, 0.4) is 0 Å². The van der Waals surface area contributed by atoms with Crippen molar-refractivity contribution < 1.29 is 46.2 Å². The van der Waals surface area contributed by atoms with Crippen LogP contribution >= 0.6 is 0 Å². The molecule has 2 aliphatic heterocycles. The summed E-state index contributed by atoms with van der Waals surface area (Å²) in [5.74, 6) is -13.1. The Morgan fingerprint density at radius 2 is 0.652 bits per heavy atom. The second-order valence-corrected chi connectivity index (χ2v) is 10.1. The molecule has 0 fully saturated rings. The van der Waals surface area contributed by atoms with Gasteiger partial charge in [0.15, 0.2) is 0 Å². The Kier molecular flexibility index (Phi) is 6.62. The number of anilines is 2. The quantitative estimate of drug-likeness (QED) is 0.111. The van der Waals surface area contributed by atoms with Gasteiger partial charge in [0.2, 0.25) is 34.8 Å². The van der Waals surface area contributed by atoms with Crippen molar-refractivity contribution >= 4 is 35.0 Å². The minimum atomic E-state index is -1.89. The summed E-state index contributed by atoms with van der Waals surface area (Å²) < 4.78 is 70.2. The van der Waals surface area contributed by atoms with E-state index in [0.717, 1.165) is 34.1 Å². The zero-order valence-corrected chi connectivity index (χ0v) is 23.1. The SMILES string of the molecule is O=C1c2ccccc2C(=O)N1c1ccc(Oc2c(F)c(F)c(Oc3ccc(N4C(=O)c5ccccc5C4=O)cc3)c(F)c2F)cc1. The highest BCUT2D eigenvalue weighted by molar-refractivity contribution is 6.35. The van der Waals surface area contributed by atoms with Gasteiger partial charge in [-0.25, -0.2) is 9.80 Å². The normalized spacial score (nSPS) is 13.7. The largest absolute Gasteiger partial charge is 0.451 e. The van der Waals surface area contributed by atoms with Crippen LogP contribution in [-0.4, -0.2) is 23.6 Å². The van der Waals surface area contributed by atoms with Crippen LogP contribution in [0.25, 0.3) is 0 Å². The zero-order valence-electron chi connectivity index (χ0n) is 23.1. The van der Waals surface area contributed by atoms with E-state index in [2.05, 4.69) is 0 Å². The molecule has 0 saturated heterocycles. The fraction of sp³-hybridized carbons (Fsp3) is 0. The fourth-order valence-corrected chi connectivity index (χ4v) is 5.18. The number of nitrogens with zero attached hydrogens (tertiary/aromatic N) is 2. The predicted molar refractivity (Wildman–Crippen MR) is 154 cm³/mol. The van der Waals surface area contributed by atoms with Gasteiger partial charge in [0.05, 0.1) is 33.6 Å². The minimum absolute atomic E-state index is 0.134. The molecule has 46 heavy (non-hydrogen) atoms. The predicted octanol–water partition coefficient (Wildman–Crippen LogP) is 7.43. The summed E-state index contributed by atoms with van der Waals surface area (Å²) in [4.78, 5) is 52.6. The Bertz CT molecular complexity index is 1880. The number of carbonyl (C=O) groups is 4. The smallest absolute Gasteiger partial charge is 0.266 e. The molecule has 0 spiro atoms. The van der Waals surface area contributed by atoms with Crippen molar-refractivity contribution in [1.82, 2.24) is 0 Å². The fourth-order valence-electron chi connectivity index (χ4n) is 5.18. The molecule has 2 heterocycles. The number of ether oxygens (including phenoxy) is 2. The van der Waals surface area contributed by atoms with Crippen LogP contribution < -0.4 is 19.3 Å². The minimum Gasteiger partial charge on any atom is -0.451 e. The Labute approximate surface area is 256 Å². The van der Waals surface area contributed by atoms with Gasteiger partial charge in [-0.3, -0.25) is 19.2 Å². The van der Waals surface area contributed by atoms with Crippen molar-refractivity contribution in [3.05, 3.63) is 143 Å². The number of hydrogen-bond acceptors (Lipinski definition) is 6. The highest BCUT2D eigenvalue weighted by Gasteiger charge is 2.37. The van der Waals surface area contributed by atoms with Crippen LogP contribution in [-0.2, 0) is 0 Å². The summed E-state index contributed by atoms with van der Waals surface area (Å²) in [5, 5.41) is 0. The first-order chi connectivity index (χ1) is 22.2. The lowest BCUT2D eigenvalue weighted by atomic mass is 10.1. The van der Waals surface area contributed by atoms with Crippen LogP contribution in [0.4, 0.5) is 28.9 Å². The molecule has 226 valence electrons. The molecule has 2 aliphatic rings. The van der Waals surface area contributed by atoms with Crippen molar-refractivity contribution in [2.45, 2.75) is 0 Å². The van der Waals surface area contributed by atoms with Gasteiger partial charge in [-0.15, -0.1) is 0 Å². The Hall–Kier alpha value is -6.30. The lowest BCUT2D eigenvalue weighted by Gasteiger charge is -2.16. The summed E-state index contributed by atoms with van der Waals surface area (Å²) in [7, 11) is 0. The third-order valence-corrected chi connectivity index (χ3v) is 7.40. The number of fused-ring (bicyclic) bond motifs is 2. The molecule has 7 rings (SSSR count). The molecule has 0 radical (unpaired) electrons. The van der Waals surface area contributed by atoms with E-state index in [0.29, 0.717) is 0 Å². The van der Waals surface area contributed by atoms with Gasteiger partial charge in [0, 0.05) is 0 Å². The number of halogens is 4. The molecule has 12 heteroatoms. The van der Waals surface area contributed by atoms with E-state index < -0.39 is 58.4 Å². The molecule has 5 aromatic carbocycles. The van der Waals surface area contributed by atoms with Crippen molar-refractivity contribution in [2.24, 2.45) is 0 Å².